The fraction of sp³-hybridized carbons (Fsp3) is 0.304. The van der Waals surface area contributed by atoms with Gasteiger partial charge >= 0.3 is 0 Å². The first-order valence-corrected chi connectivity index (χ1v) is 9.93. The smallest absolute Gasteiger partial charge is 0.251 e. The van der Waals surface area contributed by atoms with E-state index < -0.39 is 0 Å². The van der Waals surface area contributed by atoms with Crippen LogP contribution >= 0.6 is 0 Å². The zero-order valence-electron chi connectivity index (χ0n) is 16.0. The second-order valence-electron chi connectivity index (χ2n) is 7.30. The van der Waals surface area contributed by atoms with Crippen LogP contribution in [0.2, 0.25) is 0 Å². The summed E-state index contributed by atoms with van der Waals surface area (Å²) in [6.07, 6.45) is 7.75. The van der Waals surface area contributed by atoms with E-state index in [2.05, 4.69) is 45.5 Å². The number of carbonyl (C=O) groups is 1. The third-order valence-electron chi connectivity index (χ3n) is 5.50. The summed E-state index contributed by atoms with van der Waals surface area (Å²) in [5.41, 5.74) is 3.14. The maximum Gasteiger partial charge on any atom is 0.251 e. The van der Waals surface area contributed by atoms with Gasteiger partial charge in [-0.05, 0) is 61.7 Å². The van der Waals surface area contributed by atoms with Gasteiger partial charge in [-0.3, -0.25) is 4.79 Å². The lowest BCUT2D eigenvalue weighted by Crippen LogP contribution is -2.39. The zero-order valence-corrected chi connectivity index (χ0v) is 16.0. The quantitative estimate of drug-likeness (QED) is 0.719. The third kappa shape index (κ3) is 4.49. The molecule has 1 aliphatic heterocycles. The average Bonchev–Trinajstić information content (AvgIpc) is 3.30. The lowest BCUT2D eigenvalue weighted by atomic mass is 9.89. The summed E-state index contributed by atoms with van der Waals surface area (Å²) in [7, 11) is 0. The van der Waals surface area contributed by atoms with E-state index in [-0.39, 0.29) is 5.91 Å². The Morgan fingerprint density at radius 2 is 1.79 bits per heavy atom. The Balaban J connectivity index is 1.21. The number of benzene rings is 2. The lowest BCUT2D eigenvalue weighted by Gasteiger charge is -2.32. The minimum absolute atomic E-state index is 0.0173. The molecule has 0 bridgehead atoms. The fourth-order valence-electron chi connectivity index (χ4n) is 3.84. The minimum Gasteiger partial charge on any atom is -0.351 e. The molecule has 4 rings (SSSR count). The number of amides is 1. The monoisotopic (exact) mass is 374 g/mol. The third-order valence-corrected chi connectivity index (χ3v) is 5.50. The number of aromatic nitrogens is 2. The highest BCUT2D eigenvalue weighted by Crippen LogP contribution is 2.27. The predicted molar refractivity (Wildman–Crippen MR) is 111 cm³/mol. The van der Waals surface area contributed by atoms with E-state index in [1.54, 1.807) is 12.5 Å². The summed E-state index contributed by atoms with van der Waals surface area (Å²) >= 11 is 0. The zero-order chi connectivity index (χ0) is 19.2. The molecule has 1 fully saturated rings. The van der Waals surface area contributed by atoms with Gasteiger partial charge in [0.05, 0.1) is 6.33 Å². The summed E-state index contributed by atoms with van der Waals surface area (Å²) in [4.78, 5) is 18.9. The summed E-state index contributed by atoms with van der Waals surface area (Å²) in [6.45, 7) is 3.77. The van der Waals surface area contributed by atoms with Crippen molar-refractivity contribution in [2.24, 2.45) is 0 Å². The highest BCUT2D eigenvalue weighted by atomic mass is 16.1. The Kier molecular flexibility index (Phi) is 5.83. The Morgan fingerprint density at radius 3 is 2.46 bits per heavy atom. The van der Waals surface area contributed by atoms with Crippen LogP contribution in [0, 0.1) is 0 Å². The summed E-state index contributed by atoms with van der Waals surface area (Å²) in [5.74, 6) is 0.650. The molecule has 0 spiro atoms. The molecule has 0 saturated carbocycles. The second-order valence-corrected chi connectivity index (χ2v) is 7.30. The van der Waals surface area contributed by atoms with E-state index in [1.165, 1.54) is 18.4 Å². The van der Waals surface area contributed by atoms with Gasteiger partial charge in [-0.15, -0.1) is 0 Å². The molecule has 1 saturated heterocycles. The molecule has 1 N–H and O–H groups in total. The fourth-order valence-corrected chi connectivity index (χ4v) is 3.84. The first-order chi connectivity index (χ1) is 13.8. The van der Waals surface area contributed by atoms with E-state index in [0.717, 1.165) is 25.3 Å². The molecule has 1 aliphatic rings. The van der Waals surface area contributed by atoms with Crippen molar-refractivity contribution in [2.75, 3.05) is 26.2 Å². The van der Waals surface area contributed by atoms with Gasteiger partial charge in [-0.1, -0.05) is 30.3 Å². The molecule has 0 atom stereocenters. The predicted octanol–water partition coefficient (Wildman–Crippen LogP) is 3.48. The van der Waals surface area contributed by atoms with E-state index in [0.29, 0.717) is 18.0 Å². The Bertz CT molecular complexity index is 867. The molecular formula is C23H26N4O. The number of carbonyl (C=O) groups excluding carboxylic acids is 1. The number of hydrogen-bond acceptors (Lipinski definition) is 3. The average molecular weight is 374 g/mol. The number of nitrogens with zero attached hydrogens (tertiary/aromatic N) is 3. The summed E-state index contributed by atoms with van der Waals surface area (Å²) in [6, 6.07) is 18.4. The minimum atomic E-state index is -0.0173. The van der Waals surface area contributed by atoms with Gasteiger partial charge in [0.15, 0.2) is 0 Å². The van der Waals surface area contributed by atoms with Crippen molar-refractivity contribution < 1.29 is 4.79 Å². The molecule has 2 heterocycles. The highest BCUT2D eigenvalue weighted by molar-refractivity contribution is 5.94. The highest BCUT2D eigenvalue weighted by Gasteiger charge is 2.20. The molecule has 144 valence electrons. The second kappa shape index (κ2) is 8.85. The molecule has 5 nitrogen and oxygen atoms in total. The van der Waals surface area contributed by atoms with Gasteiger partial charge in [0.1, 0.15) is 0 Å². The number of rotatable bonds is 6. The van der Waals surface area contributed by atoms with E-state index >= 15 is 0 Å². The standard InChI is InChI=1S/C23H26N4O/c28-23(21-6-8-22(9-7-21)27-17-12-24-18-27)25-13-16-26-14-10-20(11-15-26)19-4-2-1-3-5-19/h1-9,12,17-18,20H,10-11,13-16H2,(H,25,28). The maximum atomic E-state index is 12.4. The van der Waals surface area contributed by atoms with E-state index in [4.69, 9.17) is 0 Å². The number of nitrogens with one attached hydrogen (secondary N) is 1. The van der Waals surface area contributed by atoms with Crippen LogP contribution < -0.4 is 5.32 Å². The van der Waals surface area contributed by atoms with E-state index in [1.807, 2.05) is 35.0 Å². The molecule has 1 amide bonds. The topological polar surface area (TPSA) is 50.2 Å². The summed E-state index contributed by atoms with van der Waals surface area (Å²) < 4.78 is 1.92. The maximum absolute atomic E-state index is 12.4. The van der Waals surface area contributed by atoms with Gasteiger partial charge in [0.25, 0.3) is 5.91 Å². The van der Waals surface area contributed by atoms with Crippen LogP contribution in [-0.2, 0) is 0 Å². The molecule has 5 heteroatoms. The van der Waals surface area contributed by atoms with Crippen LogP contribution in [0.1, 0.15) is 34.7 Å². The van der Waals surface area contributed by atoms with Crippen LogP contribution in [0.5, 0.6) is 0 Å². The molecule has 3 aromatic rings. The first kappa shape index (κ1) is 18.4. The largest absolute Gasteiger partial charge is 0.351 e. The van der Waals surface area contributed by atoms with Crippen molar-refractivity contribution in [1.82, 2.24) is 19.8 Å². The molecule has 0 radical (unpaired) electrons. The van der Waals surface area contributed by atoms with Crippen molar-refractivity contribution in [3.05, 3.63) is 84.4 Å². The Labute approximate surface area is 166 Å². The van der Waals surface area contributed by atoms with Crippen LogP contribution in [0.25, 0.3) is 5.69 Å². The van der Waals surface area contributed by atoms with Crippen molar-refractivity contribution in [3.8, 4) is 5.69 Å². The molecule has 28 heavy (non-hydrogen) atoms. The lowest BCUT2D eigenvalue weighted by molar-refractivity contribution is 0.0946. The van der Waals surface area contributed by atoms with Crippen LogP contribution in [0.3, 0.4) is 0 Å². The molecular weight excluding hydrogens is 348 g/mol. The van der Waals surface area contributed by atoms with Gasteiger partial charge in [-0.25, -0.2) is 4.98 Å². The SMILES string of the molecule is O=C(NCCN1CCC(c2ccccc2)CC1)c1ccc(-n2ccnc2)cc1. The number of hydrogen-bond donors (Lipinski definition) is 1. The van der Waals surface area contributed by atoms with Crippen molar-refractivity contribution in [1.29, 1.82) is 0 Å². The number of likely N-dealkylation sites (tertiary alicyclic amines) is 1. The van der Waals surface area contributed by atoms with Crippen LogP contribution in [0.15, 0.2) is 73.3 Å². The van der Waals surface area contributed by atoms with Crippen molar-refractivity contribution in [3.63, 3.8) is 0 Å². The van der Waals surface area contributed by atoms with Crippen LogP contribution in [-0.4, -0.2) is 46.5 Å². The first-order valence-electron chi connectivity index (χ1n) is 9.93. The molecule has 0 unspecified atom stereocenters. The van der Waals surface area contributed by atoms with E-state index in [9.17, 15) is 4.79 Å². The number of piperidine rings is 1. The Hall–Kier alpha value is -2.92. The van der Waals surface area contributed by atoms with Gasteiger partial charge in [0.2, 0.25) is 0 Å². The van der Waals surface area contributed by atoms with Gasteiger partial charge < -0.3 is 14.8 Å². The van der Waals surface area contributed by atoms with Crippen molar-refractivity contribution >= 4 is 5.91 Å². The normalized spacial score (nSPS) is 15.4. The van der Waals surface area contributed by atoms with Crippen LogP contribution in [0.4, 0.5) is 0 Å². The summed E-state index contributed by atoms with van der Waals surface area (Å²) in [5, 5.41) is 3.04. The molecule has 2 aromatic carbocycles. The Morgan fingerprint density at radius 1 is 1.04 bits per heavy atom. The van der Waals surface area contributed by atoms with Gasteiger partial charge in [-0.2, -0.15) is 0 Å². The van der Waals surface area contributed by atoms with Crippen molar-refractivity contribution in [2.45, 2.75) is 18.8 Å². The number of imidazole rings is 1. The van der Waals surface area contributed by atoms with Gasteiger partial charge in [0, 0.05) is 36.7 Å². The molecule has 1 aromatic heterocycles. The molecule has 0 aliphatic carbocycles.